The molecule has 1 heterocycles. The summed E-state index contributed by atoms with van der Waals surface area (Å²) in [6, 6.07) is 7.32. The number of benzene rings is 1. The number of carbonyl (C=O) groups is 1. The molecule has 0 aliphatic carbocycles. The number of hydrogen-bond donors (Lipinski definition) is 2. The second-order valence-corrected chi connectivity index (χ2v) is 7.90. The van der Waals surface area contributed by atoms with E-state index in [0.29, 0.717) is 5.75 Å². The molecule has 0 amide bonds. The molecule has 0 spiro atoms. The number of halogens is 2. The molecule has 0 saturated carbocycles. The van der Waals surface area contributed by atoms with E-state index in [1.807, 2.05) is 12.3 Å². The number of nitrogens with zero attached hydrogens (tertiary/aromatic N) is 1. The number of nitrogens with one attached hydrogen (secondary N) is 1. The Bertz CT molecular complexity index is 749. The fourth-order valence-electron chi connectivity index (χ4n) is 2.26. The zero-order chi connectivity index (χ0) is 20.6. The molecule has 5 nitrogen and oxygen atoms in total. The van der Waals surface area contributed by atoms with Crippen molar-refractivity contribution in [3.8, 4) is 5.75 Å². The molecule has 0 radical (unpaired) electrons. The number of thioether (sulfide) groups is 2. The lowest BCUT2D eigenvalue weighted by atomic mass is 10.2. The molecule has 1 aromatic heterocycles. The van der Waals surface area contributed by atoms with Crippen LogP contribution in [-0.4, -0.2) is 46.3 Å². The van der Waals surface area contributed by atoms with Crippen LogP contribution < -0.4 is 10.1 Å². The Balaban J connectivity index is 1.91. The van der Waals surface area contributed by atoms with Crippen LogP contribution in [-0.2, 0) is 10.5 Å². The summed E-state index contributed by atoms with van der Waals surface area (Å²) >= 11 is 2.82. The van der Waals surface area contributed by atoms with Crippen molar-refractivity contribution >= 4 is 29.5 Å². The second kappa shape index (κ2) is 10.6. The molecule has 0 saturated heterocycles. The predicted molar refractivity (Wildman–Crippen MR) is 108 cm³/mol. The highest BCUT2D eigenvalue weighted by Gasteiger charge is 2.41. The largest absolute Gasteiger partial charge is 0.480 e. The average Bonchev–Trinajstić information content (AvgIpc) is 2.68. The Labute approximate surface area is 171 Å². The molecule has 0 fully saturated rings. The minimum atomic E-state index is -3.57. The van der Waals surface area contributed by atoms with E-state index < -0.39 is 24.2 Å². The van der Waals surface area contributed by atoms with Crippen LogP contribution in [0.3, 0.4) is 0 Å². The molecule has 0 aliphatic rings. The van der Waals surface area contributed by atoms with Crippen molar-refractivity contribution in [1.29, 1.82) is 0 Å². The fraction of sp³-hybridized carbons (Fsp3) is 0.368. The normalized spacial score (nSPS) is 13.7. The highest BCUT2D eigenvalue weighted by atomic mass is 32.2. The molecule has 2 atom stereocenters. The van der Waals surface area contributed by atoms with Gasteiger partial charge >= 0.3 is 12.1 Å². The summed E-state index contributed by atoms with van der Waals surface area (Å²) in [6.45, 7) is 1.21. The monoisotopic (exact) mass is 428 g/mol. The maximum absolute atomic E-state index is 14.4. The second-order valence-electron chi connectivity index (χ2n) is 5.99. The molecule has 2 aromatic rings. The van der Waals surface area contributed by atoms with Crippen molar-refractivity contribution in [1.82, 2.24) is 10.3 Å². The molecule has 0 unspecified atom stereocenters. The number of aliphatic carboxylic acids is 1. The molecule has 152 valence electrons. The Morgan fingerprint density at radius 1 is 1.32 bits per heavy atom. The van der Waals surface area contributed by atoms with Gasteiger partial charge in [-0.2, -0.15) is 20.5 Å². The first-order valence-electron chi connectivity index (χ1n) is 8.48. The van der Waals surface area contributed by atoms with E-state index in [9.17, 15) is 18.7 Å². The molecular weight excluding hydrogens is 406 g/mol. The summed E-state index contributed by atoms with van der Waals surface area (Å²) in [5.41, 5.74) is 0.937. The van der Waals surface area contributed by atoms with Gasteiger partial charge in [-0.3, -0.25) is 15.1 Å². The average molecular weight is 429 g/mol. The number of ether oxygens (including phenoxy) is 1. The molecular formula is C19H22F2N2O3S2. The predicted octanol–water partition coefficient (Wildman–Crippen LogP) is 4.14. The highest BCUT2D eigenvalue weighted by molar-refractivity contribution is 7.98. The van der Waals surface area contributed by atoms with Gasteiger partial charge in [-0.15, -0.1) is 11.8 Å². The molecule has 2 N–H and O–H groups in total. The van der Waals surface area contributed by atoms with Gasteiger partial charge in [0.2, 0.25) is 0 Å². The maximum atomic E-state index is 14.4. The van der Waals surface area contributed by atoms with Crippen LogP contribution in [0.5, 0.6) is 5.75 Å². The Morgan fingerprint density at radius 3 is 2.61 bits per heavy atom. The maximum Gasteiger partial charge on any atom is 0.413 e. The summed E-state index contributed by atoms with van der Waals surface area (Å²) in [5, 5.41) is 11.8. The van der Waals surface area contributed by atoms with Gasteiger partial charge in [0, 0.05) is 28.8 Å². The van der Waals surface area contributed by atoms with Gasteiger partial charge < -0.3 is 9.84 Å². The van der Waals surface area contributed by atoms with Gasteiger partial charge in [0.25, 0.3) is 0 Å². The van der Waals surface area contributed by atoms with Crippen LogP contribution in [0.1, 0.15) is 12.5 Å². The third-order valence-corrected chi connectivity index (χ3v) is 5.69. The van der Waals surface area contributed by atoms with Crippen molar-refractivity contribution in [2.75, 3.05) is 12.0 Å². The number of carboxylic acid groups (broad SMARTS) is 1. The first-order valence-corrected chi connectivity index (χ1v) is 10.9. The number of rotatable bonds is 11. The lowest BCUT2D eigenvalue weighted by molar-refractivity contribution is -0.196. The molecule has 0 aliphatic heterocycles. The van der Waals surface area contributed by atoms with Crippen LogP contribution >= 0.6 is 23.5 Å². The zero-order valence-corrected chi connectivity index (χ0v) is 17.1. The smallest absolute Gasteiger partial charge is 0.413 e. The van der Waals surface area contributed by atoms with Gasteiger partial charge in [0.05, 0.1) is 0 Å². The quantitative estimate of drug-likeness (QED) is 0.521. The van der Waals surface area contributed by atoms with Gasteiger partial charge in [-0.1, -0.05) is 6.07 Å². The number of hydrogen-bond acceptors (Lipinski definition) is 6. The summed E-state index contributed by atoms with van der Waals surface area (Å²) in [5.74, 6) is -0.491. The zero-order valence-electron chi connectivity index (χ0n) is 15.5. The molecule has 1 aromatic carbocycles. The number of carboxylic acids is 1. The van der Waals surface area contributed by atoms with Crippen molar-refractivity contribution in [2.24, 2.45) is 0 Å². The topological polar surface area (TPSA) is 71.5 Å². The van der Waals surface area contributed by atoms with Gasteiger partial charge in [-0.25, -0.2) is 0 Å². The van der Waals surface area contributed by atoms with E-state index in [4.69, 9.17) is 4.74 Å². The molecule has 28 heavy (non-hydrogen) atoms. The minimum Gasteiger partial charge on any atom is -0.480 e. The fourth-order valence-corrected chi connectivity index (χ4v) is 3.66. The third kappa shape index (κ3) is 6.96. The van der Waals surface area contributed by atoms with Crippen LogP contribution in [0.2, 0.25) is 0 Å². The first-order chi connectivity index (χ1) is 13.3. The molecule has 2 rings (SSSR count). The van der Waals surface area contributed by atoms with Gasteiger partial charge in [0.15, 0.2) is 0 Å². The Kier molecular flexibility index (Phi) is 8.53. The summed E-state index contributed by atoms with van der Waals surface area (Å²) < 4.78 is 33.6. The van der Waals surface area contributed by atoms with E-state index >= 15 is 0 Å². The van der Waals surface area contributed by atoms with Crippen molar-refractivity contribution in [2.45, 2.75) is 35.8 Å². The van der Waals surface area contributed by atoms with Crippen LogP contribution in [0.25, 0.3) is 0 Å². The van der Waals surface area contributed by atoms with Gasteiger partial charge in [-0.05, 0) is 49.1 Å². The van der Waals surface area contributed by atoms with Crippen LogP contribution in [0, 0.1) is 0 Å². The van der Waals surface area contributed by atoms with E-state index in [1.165, 1.54) is 42.6 Å². The third-order valence-electron chi connectivity index (χ3n) is 3.84. The summed E-state index contributed by atoms with van der Waals surface area (Å²) in [4.78, 5) is 16.4. The van der Waals surface area contributed by atoms with Crippen molar-refractivity contribution in [3.05, 3.63) is 54.4 Å². The highest BCUT2D eigenvalue weighted by Crippen LogP contribution is 2.27. The molecule has 9 heteroatoms. The lowest BCUT2D eigenvalue weighted by Gasteiger charge is -2.27. The van der Waals surface area contributed by atoms with E-state index in [2.05, 4.69) is 10.3 Å². The number of alkyl halides is 2. The SMILES string of the molecule is CSc1ccc(OC(F)(F)[C@H](C)N[C@@H](CSCc2cccnc2)C(=O)O)cc1. The van der Waals surface area contributed by atoms with Crippen molar-refractivity contribution in [3.63, 3.8) is 0 Å². The van der Waals surface area contributed by atoms with Crippen molar-refractivity contribution < 1.29 is 23.4 Å². The molecule has 0 bridgehead atoms. The summed E-state index contributed by atoms with van der Waals surface area (Å²) in [7, 11) is 0. The standard InChI is InChI=1S/C19H22F2N2O3S2/c1-13(19(20,21)26-15-5-7-16(27-2)8-6-15)23-17(18(24)25)12-28-11-14-4-3-9-22-10-14/h3-10,13,17,23H,11-12H2,1-2H3,(H,24,25)/t13-,17-/m0/s1. The Morgan fingerprint density at radius 2 is 2.04 bits per heavy atom. The van der Waals surface area contributed by atoms with E-state index in [-0.39, 0.29) is 11.5 Å². The van der Waals surface area contributed by atoms with E-state index in [0.717, 1.165) is 10.5 Å². The van der Waals surface area contributed by atoms with Crippen LogP contribution in [0.4, 0.5) is 8.78 Å². The number of aromatic nitrogens is 1. The minimum absolute atomic E-state index is 0.0225. The Hall–Kier alpha value is -1.84. The summed E-state index contributed by atoms with van der Waals surface area (Å²) in [6.07, 6.45) is 1.65. The van der Waals surface area contributed by atoms with Gasteiger partial charge in [0.1, 0.15) is 17.8 Å². The lowest BCUT2D eigenvalue weighted by Crippen LogP contribution is -2.53. The van der Waals surface area contributed by atoms with E-state index in [1.54, 1.807) is 30.6 Å². The van der Waals surface area contributed by atoms with Crippen LogP contribution in [0.15, 0.2) is 53.7 Å². The first kappa shape index (κ1) is 22.4. The number of pyridine rings is 1.